The van der Waals surface area contributed by atoms with Crippen molar-refractivity contribution in [2.75, 3.05) is 0 Å². The van der Waals surface area contributed by atoms with Crippen LogP contribution in [0.4, 0.5) is 0 Å². The zero-order valence-corrected chi connectivity index (χ0v) is 11.3. The molecule has 0 aliphatic heterocycles. The van der Waals surface area contributed by atoms with E-state index < -0.39 is 0 Å². The Morgan fingerprint density at radius 2 is 1.76 bits per heavy atom. The summed E-state index contributed by atoms with van der Waals surface area (Å²) in [5, 5.41) is 7.82. The van der Waals surface area contributed by atoms with Crippen LogP contribution in [0.2, 0.25) is 0 Å². The van der Waals surface area contributed by atoms with Gasteiger partial charge in [-0.15, -0.1) is 10.2 Å². The number of hydrogen-bond acceptors (Lipinski definition) is 3. The van der Waals surface area contributed by atoms with Crippen LogP contribution in [-0.2, 0) is 0 Å². The molecule has 0 amide bonds. The standard InChI is InChI=1S/C14H26N2O/c1-3-5-6-7-8-9-11-13(10-4-2)14-16-15-12-17-14/h12-13H,3-11H2,1-2H3. The van der Waals surface area contributed by atoms with E-state index in [1.807, 2.05) is 0 Å². The van der Waals surface area contributed by atoms with E-state index in [4.69, 9.17) is 4.42 Å². The van der Waals surface area contributed by atoms with Crippen LogP contribution in [0.15, 0.2) is 10.8 Å². The molecule has 0 saturated carbocycles. The second-order valence-electron chi connectivity index (χ2n) is 4.82. The fourth-order valence-corrected chi connectivity index (χ4v) is 2.27. The SMILES string of the molecule is CCCCCCCCC(CCC)c1nnco1. The lowest BCUT2D eigenvalue weighted by Gasteiger charge is -2.11. The molecule has 0 spiro atoms. The maximum Gasteiger partial charge on any atom is 0.219 e. The van der Waals surface area contributed by atoms with Gasteiger partial charge in [0.25, 0.3) is 0 Å². The van der Waals surface area contributed by atoms with E-state index in [-0.39, 0.29) is 0 Å². The minimum atomic E-state index is 0.480. The Morgan fingerprint density at radius 3 is 2.41 bits per heavy atom. The lowest BCUT2D eigenvalue weighted by atomic mass is 9.96. The maximum atomic E-state index is 5.32. The minimum absolute atomic E-state index is 0.480. The van der Waals surface area contributed by atoms with Gasteiger partial charge in [0.05, 0.1) is 0 Å². The molecule has 17 heavy (non-hydrogen) atoms. The summed E-state index contributed by atoms with van der Waals surface area (Å²) in [7, 11) is 0. The molecule has 0 aliphatic rings. The molecule has 0 N–H and O–H groups in total. The summed E-state index contributed by atoms with van der Waals surface area (Å²) in [4.78, 5) is 0. The summed E-state index contributed by atoms with van der Waals surface area (Å²) >= 11 is 0. The van der Waals surface area contributed by atoms with Crippen LogP contribution in [0.5, 0.6) is 0 Å². The molecular weight excluding hydrogens is 212 g/mol. The van der Waals surface area contributed by atoms with Gasteiger partial charge < -0.3 is 4.42 Å². The van der Waals surface area contributed by atoms with Crippen molar-refractivity contribution in [2.24, 2.45) is 0 Å². The highest BCUT2D eigenvalue weighted by Gasteiger charge is 2.15. The fourth-order valence-electron chi connectivity index (χ4n) is 2.27. The van der Waals surface area contributed by atoms with Crippen molar-refractivity contribution in [3.05, 3.63) is 12.3 Å². The van der Waals surface area contributed by atoms with Crippen molar-refractivity contribution in [3.63, 3.8) is 0 Å². The average molecular weight is 238 g/mol. The Bertz CT molecular complexity index is 259. The zero-order valence-electron chi connectivity index (χ0n) is 11.3. The molecular formula is C14H26N2O. The lowest BCUT2D eigenvalue weighted by Crippen LogP contribution is -1.99. The Balaban J connectivity index is 2.17. The van der Waals surface area contributed by atoms with Gasteiger partial charge in [0.15, 0.2) is 0 Å². The van der Waals surface area contributed by atoms with E-state index in [9.17, 15) is 0 Å². The first-order chi connectivity index (χ1) is 8.38. The third kappa shape index (κ3) is 5.85. The molecule has 3 nitrogen and oxygen atoms in total. The maximum absolute atomic E-state index is 5.32. The van der Waals surface area contributed by atoms with Crippen LogP contribution in [0.25, 0.3) is 0 Å². The normalized spacial score (nSPS) is 12.8. The van der Waals surface area contributed by atoms with Gasteiger partial charge in [-0.2, -0.15) is 0 Å². The lowest BCUT2D eigenvalue weighted by molar-refractivity contribution is 0.401. The molecule has 0 aliphatic carbocycles. The summed E-state index contributed by atoms with van der Waals surface area (Å²) in [6.07, 6.45) is 13.1. The molecule has 1 heterocycles. The highest BCUT2D eigenvalue weighted by Crippen LogP contribution is 2.25. The molecule has 1 aromatic rings. The summed E-state index contributed by atoms with van der Waals surface area (Å²) in [6, 6.07) is 0. The van der Waals surface area contributed by atoms with Gasteiger partial charge in [-0.3, -0.25) is 0 Å². The Hall–Kier alpha value is -0.860. The van der Waals surface area contributed by atoms with Crippen molar-refractivity contribution in [1.82, 2.24) is 10.2 Å². The minimum Gasteiger partial charge on any atom is -0.428 e. The van der Waals surface area contributed by atoms with Crippen molar-refractivity contribution in [2.45, 2.75) is 77.6 Å². The summed E-state index contributed by atoms with van der Waals surface area (Å²) in [5.41, 5.74) is 0. The molecule has 0 saturated heterocycles. The van der Waals surface area contributed by atoms with Crippen molar-refractivity contribution in [1.29, 1.82) is 0 Å². The van der Waals surface area contributed by atoms with Crippen LogP contribution in [0.3, 0.4) is 0 Å². The van der Waals surface area contributed by atoms with Gasteiger partial charge in [-0.05, 0) is 12.8 Å². The topological polar surface area (TPSA) is 38.9 Å². The second-order valence-corrected chi connectivity index (χ2v) is 4.82. The molecule has 0 bridgehead atoms. The molecule has 3 heteroatoms. The van der Waals surface area contributed by atoms with Gasteiger partial charge in [0.1, 0.15) is 0 Å². The average Bonchev–Trinajstić information content (AvgIpc) is 2.86. The third-order valence-corrected chi connectivity index (χ3v) is 3.27. The van der Waals surface area contributed by atoms with Gasteiger partial charge in [0.2, 0.25) is 12.3 Å². The predicted molar refractivity (Wildman–Crippen MR) is 69.9 cm³/mol. The first-order valence-electron chi connectivity index (χ1n) is 7.14. The molecule has 1 atom stereocenters. The number of aromatic nitrogens is 2. The molecule has 98 valence electrons. The zero-order chi connectivity index (χ0) is 12.3. The summed E-state index contributed by atoms with van der Waals surface area (Å²) in [6.45, 7) is 4.47. The highest BCUT2D eigenvalue weighted by molar-refractivity contribution is 4.87. The second kappa shape index (κ2) is 9.20. The van der Waals surface area contributed by atoms with Gasteiger partial charge in [-0.25, -0.2) is 0 Å². The molecule has 1 rings (SSSR count). The first-order valence-corrected chi connectivity index (χ1v) is 7.14. The van der Waals surface area contributed by atoms with E-state index >= 15 is 0 Å². The predicted octanol–water partition coefficient (Wildman–Crippen LogP) is 4.70. The molecule has 1 unspecified atom stereocenters. The van der Waals surface area contributed by atoms with Crippen LogP contribution in [-0.4, -0.2) is 10.2 Å². The van der Waals surface area contributed by atoms with Gasteiger partial charge in [0, 0.05) is 5.92 Å². The molecule has 0 aromatic carbocycles. The van der Waals surface area contributed by atoms with Gasteiger partial charge in [-0.1, -0.05) is 58.8 Å². The van der Waals surface area contributed by atoms with Crippen molar-refractivity contribution >= 4 is 0 Å². The summed E-state index contributed by atoms with van der Waals surface area (Å²) in [5.74, 6) is 1.31. The fraction of sp³-hybridized carbons (Fsp3) is 0.857. The van der Waals surface area contributed by atoms with Crippen LogP contribution < -0.4 is 0 Å². The van der Waals surface area contributed by atoms with E-state index in [2.05, 4.69) is 24.0 Å². The van der Waals surface area contributed by atoms with Crippen LogP contribution in [0.1, 0.15) is 83.4 Å². The number of unbranched alkanes of at least 4 members (excludes halogenated alkanes) is 5. The highest BCUT2D eigenvalue weighted by atomic mass is 16.4. The van der Waals surface area contributed by atoms with E-state index in [0.29, 0.717) is 5.92 Å². The largest absolute Gasteiger partial charge is 0.428 e. The van der Waals surface area contributed by atoms with E-state index in [1.165, 1.54) is 57.8 Å². The number of rotatable bonds is 10. The number of hydrogen-bond donors (Lipinski definition) is 0. The van der Waals surface area contributed by atoms with E-state index in [1.54, 1.807) is 0 Å². The Labute approximate surface area is 105 Å². The molecule has 0 radical (unpaired) electrons. The first kappa shape index (κ1) is 14.2. The smallest absolute Gasteiger partial charge is 0.219 e. The number of nitrogens with zero attached hydrogens (tertiary/aromatic N) is 2. The van der Waals surface area contributed by atoms with Crippen molar-refractivity contribution < 1.29 is 4.42 Å². The van der Waals surface area contributed by atoms with Crippen LogP contribution in [0, 0.1) is 0 Å². The third-order valence-electron chi connectivity index (χ3n) is 3.27. The molecule has 1 aromatic heterocycles. The molecule has 0 fully saturated rings. The van der Waals surface area contributed by atoms with Gasteiger partial charge >= 0.3 is 0 Å². The summed E-state index contributed by atoms with van der Waals surface area (Å²) < 4.78 is 5.32. The Kier molecular flexibility index (Phi) is 7.69. The Morgan fingerprint density at radius 1 is 1.00 bits per heavy atom. The monoisotopic (exact) mass is 238 g/mol. The quantitative estimate of drug-likeness (QED) is 0.554. The van der Waals surface area contributed by atoms with Crippen LogP contribution >= 0.6 is 0 Å². The van der Waals surface area contributed by atoms with E-state index in [0.717, 1.165) is 12.3 Å². The van der Waals surface area contributed by atoms with Crippen molar-refractivity contribution in [3.8, 4) is 0 Å².